The van der Waals surface area contributed by atoms with Gasteiger partial charge in [0, 0.05) is 34.0 Å². The van der Waals surface area contributed by atoms with Crippen molar-refractivity contribution in [3.63, 3.8) is 0 Å². The molecule has 0 aromatic heterocycles. The zero-order chi connectivity index (χ0) is 14.5. The number of hydrogen-bond acceptors (Lipinski definition) is 3. The number of benzene rings is 2. The predicted molar refractivity (Wildman–Crippen MR) is 86.2 cm³/mol. The van der Waals surface area contributed by atoms with Crippen molar-refractivity contribution >= 4 is 40.6 Å². The van der Waals surface area contributed by atoms with Crippen LogP contribution in [0, 0.1) is 0 Å². The number of amides is 1. The summed E-state index contributed by atoms with van der Waals surface area (Å²) in [5.41, 5.74) is 8.28. The molecule has 104 valence electrons. The standard InChI is InChI=1S/C15H15ClN2OS/c1-10(19)18-13-3-5-14(6-4-13)20-9-11-8-12(17)2-7-15(11)16/h2-8H,9,17H2,1H3,(H,18,19). The van der Waals surface area contributed by atoms with Gasteiger partial charge >= 0.3 is 0 Å². The molecule has 0 aliphatic heterocycles. The van der Waals surface area contributed by atoms with Gasteiger partial charge in [0.05, 0.1) is 0 Å². The fourth-order valence-electron chi connectivity index (χ4n) is 1.70. The summed E-state index contributed by atoms with van der Waals surface area (Å²) in [5, 5.41) is 3.46. The molecule has 0 fully saturated rings. The number of nitrogens with two attached hydrogens (primary N) is 1. The van der Waals surface area contributed by atoms with Crippen molar-refractivity contribution in [1.82, 2.24) is 0 Å². The van der Waals surface area contributed by atoms with E-state index in [2.05, 4.69) is 5.32 Å². The van der Waals surface area contributed by atoms with Crippen LogP contribution < -0.4 is 11.1 Å². The molecule has 0 aliphatic carbocycles. The second-order valence-electron chi connectivity index (χ2n) is 4.35. The van der Waals surface area contributed by atoms with Crippen LogP contribution in [0.5, 0.6) is 0 Å². The second-order valence-corrected chi connectivity index (χ2v) is 5.80. The number of rotatable bonds is 4. The van der Waals surface area contributed by atoms with Gasteiger partial charge in [-0.05, 0) is 48.0 Å². The van der Waals surface area contributed by atoms with E-state index >= 15 is 0 Å². The molecule has 0 saturated carbocycles. The maximum atomic E-state index is 10.9. The second kappa shape index (κ2) is 6.68. The van der Waals surface area contributed by atoms with E-state index in [4.69, 9.17) is 17.3 Å². The fourth-order valence-corrected chi connectivity index (χ4v) is 2.86. The van der Waals surface area contributed by atoms with Crippen LogP contribution in [-0.4, -0.2) is 5.91 Å². The van der Waals surface area contributed by atoms with E-state index < -0.39 is 0 Å². The summed E-state index contributed by atoms with van der Waals surface area (Å²) in [6, 6.07) is 13.2. The normalized spacial score (nSPS) is 10.3. The van der Waals surface area contributed by atoms with Gasteiger partial charge in [-0.2, -0.15) is 0 Å². The van der Waals surface area contributed by atoms with Gasteiger partial charge in [0.15, 0.2) is 0 Å². The summed E-state index contributed by atoms with van der Waals surface area (Å²) in [7, 11) is 0. The summed E-state index contributed by atoms with van der Waals surface area (Å²) < 4.78 is 0. The van der Waals surface area contributed by atoms with Crippen LogP contribution in [-0.2, 0) is 10.5 Å². The molecule has 0 unspecified atom stereocenters. The Morgan fingerprint density at radius 2 is 1.95 bits per heavy atom. The Labute approximate surface area is 127 Å². The maximum Gasteiger partial charge on any atom is 0.221 e. The first-order valence-electron chi connectivity index (χ1n) is 6.09. The van der Waals surface area contributed by atoms with Crippen LogP contribution in [0.3, 0.4) is 0 Å². The smallest absolute Gasteiger partial charge is 0.221 e. The first-order valence-corrected chi connectivity index (χ1v) is 7.45. The van der Waals surface area contributed by atoms with E-state index in [9.17, 15) is 4.79 Å². The largest absolute Gasteiger partial charge is 0.399 e. The number of halogens is 1. The lowest BCUT2D eigenvalue weighted by atomic mass is 10.2. The van der Waals surface area contributed by atoms with Gasteiger partial charge in [0.1, 0.15) is 0 Å². The number of thioether (sulfide) groups is 1. The molecular formula is C15H15ClN2OS. The van der Waals surface area contributed by atoms with Crippen LogP contribution in [0.4, 0.5) is 11.4 Å². The molecule has 0 atom stereocenters. The monoisotopic (exact) mass is 306 g/mol. The zero-order valence-electron chi connectivity index (χ0n) is 11.0. The van der Waals surface area contributed by atoms with Crippen molar-refractivity contribution in [3.8, 4) is 0 Å². The Morgan fingerprint density at radius 1 is 1.25 bits per heavy atom. The average molecular weight is 307 g/mol. The minimum absolute atomic E-state index is 0.0723. The van der Waals surface area contributed by atoms with E-state index in [1.165, 1.54) is 6.92 Å². The molecule has 0 radical (unpaired) electrons. The van der Waals surface area contributed by atoms with Crippen LogP contribution in [0.1, 0.15) is 12.5 Å². The number of carbonyl (C=O) groups excluding carboxylic acids is 1. The van der Waals surface area contributed by atoms with Crippen molar-refractivity contribution < 1.29 is 4.79 Å². The van der Waals surface area contributed by atoms with Crippen LogP contribution in [0.15, 0.2) is 47.4 Å². The SMILES string of the molecule is CC(=O)Nc1ccc(SCc2cc(N)ccc2Cl)cc1. The number of carbonyl (C=O) groups is 1. The molecule has 1 amide bonds. The third-order valence-electron chi connectivity index (χ3n) is 2.64. The molecule has 2 aromatic carbocycles. The van der Waals surface area contributed by atoms with Crippen molar-refractivity contribution in [3.05, 3.63) is 53.1 Å². The average Bonchev–Trinajstić information content (AvgIpc) is 2.41. The predicted octanol–water partition coefficient (Wildman–Crippen LogP) is 4.17. The summed E-state index contributed by atoms with van der Waals surface area (Å²) >= 11 is 7.80. The molecule has 0 spiro atoms. The molecule has 3 N–H and O–H groups in total. The Morgan fingerprint density at radius 3 is 2.60 bits per heavy atom. The molecule has 5 heteroatoms. The molecule has 0 saturated heterocycles. The van der Waals surface area contributed by atoms with E-state index in [0.717, 1.165) is 26.9 Å². The van der Waals surface area contributed by atoms with E-state index in [1.807, 2.05) is 36.4 Å². The Balaban J connectivity index is 2.00. The van der Waals surface area contributed by atoms with E-state index in [1.54, 1.807) is 17.8 Å². The Kier molecular flexibility index (Phi) is 4.93. The van der Waals surface area contributed by atoms with Crippen molar-refractivity contribution in [2.75, 3.05) is 11.1 Å². The van der Waals surface area contributed by atoms with Gasteiger partial charge in [0.2, 0.25) is 5.91 Å². The zero-order valence-corrected chi connectivity index (χ0v) is 12.6. The van der Waals surface area contributed by atoms with Gasteiger partial charge in [0.25, 0.3) is 0 Å². The quantitative estimate of drug-likeness (QED) is 0.658. The molecular weight excluding hydrogens is 292 g/mol. The molecule has 3 nitrogen and oxygen atoms in total. The lowest BCUT2D eigenvalue weighted by Gasteiger charge is -2.07. The van der Waals surface area contributed by atoms with Crippen LogP contribution >= 0.6 is 23.4 Å². The molecule has 2 aromatic rings. The summed E-state index contributed by atoms with van der Waals surface area (Å²) in [6.07, 6.45) is 0. The highest BCUT2D eigenvalue weighted by Crippen LogP contribution is 2.28. The van der Waals surface area contributed by atoms with E-state index in [-0.39, 0.29) is 5.91 Å². The first kappa shape index (κ1) is 14.8. The fraction of sp³-hybridized carbons (Fsp3) is 0.133. The highest BCUT2D eigenvalue weighted by atomic mass is 35.5. The van der Waals surface area contributed by atoms with Crippen molar-refractivity contribution in [2.45, 2.75) is 17.6 Å². The summed E-state index contributed by atoms with van der Waals surface area (Å²) in [5.74, 6) is 0.681. The Hall–Kier alpha value is -1.65. The van der Waals surface area contributed by atoms with E-state index in [0.29, 0.717) is 5.69 Å². The molecule has 0 aliphatic rings. The number of hydrogen-bond donors (Lipinski definition) is 2. The summed E-state index contributed by atoms with van der Waals surface area (Å²) in [6.45, 7) is 1.49. The number of anilines is 2. The molecule has 0 bridgehead atoms. The lowest BCUT2D eigenvalue weighted by Crippen LogP contribution is -2.05. The topological polar surface area (TPSA) is 55.1 Å². The number of nitrogen functional groups attached to an aromatic ring is 1. The molecule has 2 rings (SSSR count). The van der Waals surface area contributed by atoms with Gasteiger partial charge in [-0.25, -0.2) is 0 Å². The maximum absolute atomic E-state index is 10.9. The molecule has 0 heterocycles. The van der Waals surface area contributed by atoms with Crippen molar-refractivity contribution in [1.29, 1.82) is 0 Å². The highest BCUT2D eigenvalue weighted by molar-refractivity contribution is 7.98. The third kappa shape index (κ3) is 4.18. The minimum atomic E-state index is -0.0723. The van der Waals surface area contributed by atoms with Gasteiger partial charge in [-0.15, -0.1) is 11.8 Å². The lowest BCUT2D eigenvalue weighted by molar-refractivity contribution is -0.114. The number of nitrogens with one attached hydrogen (secondary N) is 1. The summed E-state index contributed by atoms with van der Waals surface area (Å²) in [4.78, 5) is 12.0. The third-order valence-corrected chi connectivity index (χ3v) is 4.07. The van der Waals surface area contributed by atoms with Crippen molar-refractivity contribution in [2.24, 2.45) is 0 Å². The van der Waals surface area contributed by atoms with Gasteiger partial charge in [-0.3, -0.25) is 4.79 Å². The van der Waals surface area contributed by atoms with Crippen LogP contribution in [0.2, 0.25) is 5.02 Å². The first-order chi connectivity index (χ1) is 9.54. The van der Waals surface area contributed by atoms with Gasteiger partial charge in [-0.1, -0.05) is 11.6 Å². The van der Waals surface area contributed by atoms with Gasteiger partial charge < -0.3 is 11.1 Å². The van der Waals surface area contributed by atoms with Crippen LogP contribution in [0.25, 0.3) is 0 Å². The minimum Gasteiger partial charge on any atom is -0.399 e. The highest BCUT2D eigenvalue weighted by Gasteiger charge is 2.03. The molecule has 20 heavy (non-hydrogen) atoms. The Bertz CT molecular complexity index is 614.